The maximum atomic E-state index is 13.0. The van der Waals surface area contributed by atoms with Crippen LogP contribution in [0.25, 0.3) is 11.3 Å². The van der Waals surface area contributed by atoms with Gasteiger partial charge in [0.2, 0.25) is 0 Å². The first kappa shape index (κ1) is 10.8. The van der Waals surface area contributed by atoms with E-state index >= 15 is 0 Å². The lowest BCUT2D eigenvalue weighted by atomic mass is 10.1. The molecule has 16 heavy (non-hydrogen) atoms. The standard InChI is InChI=1S/C11H9F2NO2/c1-15-6-8-5-11(14-16-8)7-2-3-9(12)10(13)4-7/h2-5H,6H2,1H3. The highest BCUT2D eigenvalue weighted by Crippen LogP contribution is 2.21. The van der Waals surface area contributed by atoms with Gasteiger partial charge >= 0.3 is 0 Å². The van der Waals surface area contributed by atoms with Crippen LogP contribution in [0, 0.1) is 11.6 Å². The van der Waals surface area contributed by atoms with E-state index in [4.69, 9.17) is 9.26 Å². The summed E-state index contributed by atoms with van der Waals surface area (Å²) in [5.41, 5.74) is 0.913. The van der Waals surface area contributed by atoms with Crippen molar-refractivity contribution in [3.63, 3.8) is 0 Å². The van der Waals surface area contributed by atoms with Crippen LogP contribution in [0.2, 0.25) is 0 Å². The molecule has 0 amide bonds. The summed E-state index contributed by atoms with van der Waals surface area (Å²) in [7, 11) is 1.53. The number of halogens is 2. The van der Waals surface area contributed by atoms with Gasteiger partial charge < -0.3 is 9.26 Å². The molecule has 0 saturated carbocycles. The number of aromatic nitrogens is 1. The highest BCUT2D eigenvalue weighted by molar-refractivity contribution is 5.58. The summed E-state index contributed by atoms with van der Waals surface area (Å²) in [6.45, 7) is 0.288. The zero-order valence-corrected chi connectivity index (χ0v) is 8.54. The molecule has 0 radical (unpaired) electrons. The van der Waals surface area contributed by atoms with E-state index in [1.165, 1.54) is 13.2 Å². The average Bonchev–Trinajstić information content (AvgIpc) is 2.71. The van der Waals surface area contributed by atoms with Crippen LogP contribution >= 0.6 is 0 Å². The summed E-state index contributed by atoms with van der Waals surface area (Å²) in [5, 5.41) is 3.73. The van der Waals surface area contributed by atoms with Gasteiger partial charge in [-0.05, 0) is 18.2 Å². The molecule has 0 unspecified atom stereocenters. The first-order valence-electron chi connectivity index (χ1n) is 4.60. The minimum absolute atomic E-state index is 0.288. The molecular weight excluding hydrogens is 216 g/mol. The fourth-order valence-electron chi connectivity index (χ4n) is 1.31. The third-order valence-corrected chi connectivity index (χ3v) is 2.06. The van der Waals surface area contributed by atoms with Crippen molar-refractivity contribution in [2.24, 2.45) is 0 Å². The smallest absolute Gasteiger partial charge is 0.162 e. The normalized spacial score (nSPS) is 10.7. The van der Waals surface area contributed by atoms with Gasteiger partial charge in [0.05, 0.1) is 0 Å². The minimum Gasteiger partial charge on any atom is -0.377 e. The van der Waals surface area contributed by atoms with Crippen LogP contribution in [0.5, 0.6) is 0 Å². The fourth-order valence-corrected chi connectivity index (χ4v) is 1.31. The third-order valence-electron chi connectivity index (χ3n) is 2.06. The van der Waals surface area contributed by atoms with Gasteiger partial charge in [-0.15, -0.1) is 0 Å². The van der Waals surface area contributed by atoms with E-state index in [1.54, 1.807) is 6.07 Å². The van der Waals surface area contributed by atoms with Gasteiger partial charge in [-0.1, -0.05) is 5.16 Å². The number of rotatable bonds is 3. The Kier molecular flexibility index (Phi) is 2.96. The summed E-state index contributed by atoms with van der Waals surface area (Å²) in [6, 6.07) is 5.18. The molecule has 2 aromatic rings. The molecule has 0 saturated heterocycles. The summed E-state index contributed by atoms with van der Waals surface area (Å²) in [4.78, 5) is 0. The maximum absolute atomic E-state index is 13.0. The van der Waals surface area contributed by atoms with Gasteiger partial charge in [-0.25, -0.2) is 8.78 Å². The molecule has 0 atom stereocenters. The predicted octanol–water partition coefficient (Wildman–Crippen LogP) is 2.77. The zero-order valence-electron chi connectivity index (χ0n) is 8.54. The third kappa shape index (κ3) is 2.09. The van der Waals surface area contributed by atoms with Gasteiger partial charge in [0.1, 0.15) is 12.3 Å². The van der Waals surface area contributed by atoms with Crippen molar-refractivity contribution in [2.75, 3.05) is 7.11 Å². The van der Waals surface area contributed by atoms with Crippen molar-refractivity contribution in [2.45, 2.75) is 6.61 Å². The molecule has 5 heteroatoms. The number of ether oxygens (including phenoxy) is 1. The molecule has 0 bridgehead atoms. The second-order valence-electron chi connectivity index (χ2n) is 3.24. The summed E-state index contributed by atoms with van der Waals surface area (Å²) in [6.07, 6.45) is 0. The molecule has 1 heterocycles. The van der Waals surface area contributed by atoms with Crippen LogP contribution in [-0.4, -0.2) is 12.3 Å². The largest absolute Gasteiger partial charge is 0.377 e. The quantitative estimate of drug-likeness (QED) is 0.805. The Labute approximate surface area is 90.6 Å². The van der Waals surface area contributed by atoms with Crippen LogP contribution in [0.15, 0.2) is 28.8 Å². The molecule has 1 aromatic heterocycles. The molecule has 0 spiro atoms. The van der Waals surface area contributed by atoms with Gasteiger partial charge in [0, 0.05) is 18.7 Å². The van der Waals surface area contributed by atoms with E-state index < -0.39 is 11.6 Å². The first-order valence-corrected chi connectivity index (χ1v) is 4.60. The highest BCUT2D eigenvalue weighted by Gasteiger charge is 2.09. The maximum Gasteiger partial charge on any atom is 0.162 e. The van der Waals surface area contributed by atoms with Gasteiger partial charge in [-0.3, -0.25) is 0 Å². The van der Waals surface area contributed by atoms with Crippen molar-refractivity contribution < 1.29 is 18.0 Å². The van der Waals surface area contributed by atoms with Gasteiger partial charge in [-0.2, -0.15) is 0 Å². The Bertz CT molecular complexity index is 496. The molecule has 84 valence electrons. The molecule has 0 aliphatic rings. The molecule has 0 N–H and O–H groups in total. The molecule has 0 aliphatic heterocycles. The van der Waals surface area contributed by atoms with Crippen molar-refractivity contribution in [3.8, 4) is 11.3 Å². The van der Waals surface area contributed by atoms with Crippen LogP contribution in [-0.2, 0) is 11.3 Å². The second-order valence-corrected chi connectivity index (χ2v) is 3.24. The Morgan fingerprint density at radius 2 is 2.06 bits per heavy atom. The molecule has 1 aromatic carbocycles. The topological polar surface area (TPSA) is 35.3 Å². The van der Waals surface area contributed by atoms with E-state index in [9.17, 15) is 8.78 Å². The Balaban J connectivity index is 2.31. The van der Waals surface area contributed by atoms with Crippen molar-refractivity contribution in [1.29, 1.82) is 0 Å². The number of hydrogen-bond donors (Lipinski definition) is 0. The lowest BCUT2D eigenvalue weighted by Crippen LogP contribution is -1.85. The van der Waals surface area contributed by atoms with Gasteiger partial charge in [0.25, 0.3) is 0 Å². The Hall–Kier alpha value is -1.75. The van der Waals surface area contributed by atoms with Crippen LogP contribution in [0.3, 0.4) is 0 Å². The Morgan fingerprint density at radius 3 is 2.75 bits per heavy atom. The summed E-state index contributed by atoms with van der Waals surface area (Å²) >= 11 is 0. The highest BCUT2D eigenvalue weighted by atomic mass is 19.2. The van der Waals surface area contributed by atoms with Crippen molar-refractivity contribution >= 4 is 0 Å². The van der Waals surface area contributed by atoms with E-state index in [0.717, 1.165) is 12.1 Å². The van der Waals surface area contributed by atoms with Crippen molar-refractivity contribution in [3.05, 3.63) is 41.7 Å². The molecule has 2 rings (SSSR count). The monoisotopic (exact) mass is 225 g/mol. The zero-order chi connectivity index (χ0) is 11.5. The number of methoxy groups -OCH3 is 1. The molecule has 0 aliphatic carbocycles. The number of benzene rings is 1. The SMILES string of the molecule is COCc1cc(-c2ccc(F)c(F)c2)no1. The molecule has 3 nitrogen and oxygen atoms in total. The molecular formula is C11H9F2NO2. The summed E-state index contributed by atoms with van der Waals surface area (Å²) < 4.78 is 35.5. The lowest BCUT2D eigenvalue weighted by molar-refractivity contribution is 0.156. The lowest BCUT2D eigenvalue weighted by Gasteiger charge is -1.96. The van der Waals surface area contributed by atoms with Crippen molar-refractivity contribution in [1.82, 2.24) is 5.16 Å². The van der Waals surface area contributed by atoms with E-state index in [0.29, 0.717) is 17.0 Å². The molecule has 0 fully saturated rings. The average molecular weight is 225 g/mol. The fraction of sp³-hybridized carbons (Fsp3) is 0.182. The van der Waals surface area contributed by atoms with Crippen LogP contribution in [0.4, 0.5) is 8.78 Å². The minimum atomic E-state index is -0.909. The number of hydrogen-bond acceptors (Lipinski definition) is 3. The van der Waals surface area contributed by atoms with E-state index in [-0.39, 0.29) is 6.61 Å². The first-order chi connectivity index (χ1) is 7.70. The number of nitrogens with zero attached hydrogens (tertiary/aromatic N) is 1. The predicted molar refractivity (Wildman–Crippen MR) is 52.6 cm³/mol. The van der Waals surface area contributed by atoms with Gasteiger partial charge in [0.15, 0.2) is 17.4 Å². The van der Waals surface area contributed by atoms with E-state index in [2.05, 4.69) is 5.16 Å². The van der Waals surface area contributed by atoms with Crippen LogP contribution in [0.1, 0.15) is 5.76 Å². The summed E-state index contributed by atoms with van der Waals surface area (Å²) in [5.74, 6) is -1.26. The second kappa shape index (κ2) is 4.40. The van der Waals surface area contributed by atoms with E-state index in [1.807, 2.05) is 0 Å². The van der Waals surface area contributed by atoms with Crippen LogP contribution < -0.4 is 0 Å². The Morgan fingerprint density at radius 1 is 1.25 bits per heavy atom.